The van der Waals surface area contributed by atoms with Crippen molar-refractivity contribution >= 4 is 0 Å². The van der Waals surface area contributed by atoms with E-state index in [1.807, 2.05) is 0 Å². The number of likely N-dealkylation sites (tertiary alicyclic amines) is 1. The number of hydrogen-bond acceptors (Lipinski definition) is 2. The highest BCUT2D eigenvalue weighted by atomic mass is 15.2. The van der Waals surface area contributed by atoms with Crippen LogP contribution in [0.15, 0.2) is 24.3 Å². The van der Waals surface area contributed by atoms with Crippen molar-refractivity contribution in [1.82, 2.24) is 10.2 Å². The van der Waals surface area contributed by atoms with Gasteiger partial charge in [-0.2, -0.15) is 0 Å². The van der Waals surface area contributed by atoms with Crippen molar-refractivity contribution < 1.29 is 0 Å². The largest absolute Gasteiger partial charge is 0.310 e. The van der Waals surface area contributed by atoms with Gasteiger partial charge in [-0.15, -0.1) is 0 Å². The first-order valence-corrected chi connectivity index (χ1v) is 8.78. The van der Waals surface area contributed by atoms with Crippen LogP contribution in [0.4, 0.5) is 0 Å². The summed E-state index contributed by atoms with van der Waals surface area (Å²) in [5.74, 6) is 0.986. The molecule has 1 aliphatic carbocycles. The molecule has 3 rings (SSSR count). The van der Waals surface area contributed by atoms with Crippen LogP contribution in [0, 0.1) is 5.92 Å². The van der Waals surface area contributed by atoms with Crippen LogP contribution in [0.5, 0.6) is 0 Å². The Morgan fingerprint density at radius 2 is 1.86 bits per heavy atom. The molecule has 0 bridgehead atoms. The second-order valence-corrected chi connectivity index (χ2v) is 7.18. The summed E-state index contributed by atoms with van der Waals surface area (Å²) in [5, 5.41) is 3.56. The van der Waals surface area contributed by atoms with Crippen LogP contribution in [0.1, 0.15) is 57.1 Å². The second kappa shape index (κ2) is 6.93. The van der Waals surface area contributed by atoms with Gasteiger partial charge in [0.05, 0.1) is 0 Å². The van der Waals surface area contributed by atoms with Gasteiger partial charge in [0.15, 0.2) is 0 Å². The monoisotopic (exact) mass is 286 g/mol. The molecule has 0 radical (unpaired) electrons. The summed E-state index contributed by atoms with van der Waals surface area (Å²) in [5.41, 5.74) is 3.00. The van der Waals surface area contributed by atoms with Crippen LogP contribution >= 0.6 is 0 Å². The summed E-state index contributed by atoms with van der Waals surface area (Å²) in [7, 11) is 0. The van der Waals surface area contributed by atoms with Crippen molar-refractivity contribution in [1.29, 1.82) is 0 Å². The third-order valence-electron chi connectivity index (χ3n) is 5.32. The average molecular weight is 286 g/mol. The summed E-state index contributed by atoms with van der Waals surface area (Å²) >= 11 is 0. The zero-order chi connectivity index (χ0) is 14.7. The summed E-state index contributed by atoms with van der Waals surface area (Å²) in [4.78, 5) is 2.76. The first kappa shape index (κ1) is 15.1. The fourth-order valence-electron chi connectivity index (χ4n) is 4.12. The Balaban J connectivity index is 1.67. The van der Waals surface area contributed by atoms with Crippen LogP contribution in [0.3, 0.4) is 0 Å². The Bertz CT molecular complexity index is 455. The predicted octanol–water partition coefficient (Wildman–Crippen LogP) is 3.95. The highest BCUT2D eigenvalue weighted by Crippen LogP contribution is 2.37. The quantitative estimate of drug-likeness (QED) is 0.881. The summed E-state index contributed by atoms with van der Waals surface area (Å²) in [6.45, 7) is 7.89. The lowest BCUT2D eigenvalue weighted by Crippen LogP contribution is -2.34. The van der Waals surface area contributed by atoms with Crippen LogP contribution in [0.25, 0.3) is 0 Å². The molecule has 1 aliphatic heterocycles. The second-order valence-electron chi connectivity index (χ2n) is 7.18. The van der Waals surface area contributed by atoms with Gasteiger partial charge < -0.3 is 5.32 Å². The maximum absolute atomic E-state index is 3.56. The van der Waals surface area contributed by atoms with E-state index in [9.17, 15) is 0 Å². The minimum absolute atomic E-state index is 0.549. The van der Waals surface area contributed by atoms with Crippen molar-refractivity contribution in [2.75, 3.05) is 6.54 Å². The molecular formula is C19H30N2. The fourth-order valence-corrected chi connectivity index (χ4v) is 4.12. The molecule has 1 aromatic carbocycles. The maximum atomic E-state index is 3.56. The molecule has 1 aromatic rings. The SMILES string of the molecule is CC(C)NCc1ccccc1CN1CCC2CCCCC21. The standard InChI is InChI=1S/C19H30N2/c1-15(2)20-13-17-8-3-4-9-18(17)14-21-12-11-16-7-5-6-10-19(16)21/h3-4,8-9,15-16,19-20H,5-7,10-14H2,1-2H3. The maximum Gasteiger partial charge on any atom is 0.0240 e. The number of fused-ring (bicyclic) bond motifs is 1. The van der Waals surface area contributed by atoms with Crippen LogP contribution in [-0.2, 0) is 13.1 Å². The molecule has 0 amide bonds. The minimum atomic E-state index is 0.549. The van der Waals surface area contributed by atoms with Crippen LogP contribution in [-0.4, -0.2) is 23.5 Å². The number of nitrogens with zero attached hydrogens (tertiary/aromatic N) is 1. The summed E-state index contributed by atoms with van der Waals surface area (Å²) < 4.78 is 0. The van der Waals surface area contributed by atoms with E-state index in [1.165, 1.54) is 49.8 Å². The van der Waals surface area contributed by atoms with E-state index in [0.29, 0.717) is 6.04 Å². The van der Waals surface area contributed by atoms with Gasteiger partial charge in [0.1, 0.15) is 0 Å². The number of nitrogens with one attached hydrogen (secondary N) is 1. The number of hydrogen-bond donors (Lipinski definition) is 1. The van der Waals surface area contributed by atoms with Gasteiger partial charge in [-0.1, -0.05) is 51.0 Å². The Kier molecular flexibility index (Phi) is 4.97. The van der Waals surface area contributed by atoms with Crippen LogP contribution in [0.2, 0.25) is 0 Å². The Labute approximate surface area is 129 Å². The van der Waals surface area contributed by atoms with E-state index >= 15 is 0 Å². The van der Waals surface area contributed by atoms with Crippen molar-refractivity contribution in [3.63, 3.8) is 0 Å². The molecule has 2 nitrogen and oxygen atoms in total. The molecule has 2 fully saturated rings. The zero-order valence-electron chi connectivity index (χ0n) is 13.6. The van der Waals surface area contributed by atoms with Crippen LogP contribution < -0.4 is 5.32 Å². The molecule has 1 saturated carbocycles. The molecule has 1 saturated heterocycles. The minimum Gasteiger partial charge on any atom is -0.310 e. The predicted molar refractivity (Wildman–Crippen MR) is 89.2 cm³/mol. The first-order valence-electron chi connectivity index (χ1n) is 8.78. The normalized spacial score (nSPS) is 26.2. The van der Waals surface area contributed by atoms with Gasteiger partial charge in [0, 0.05) is 25.2 Å². The van der Waals surface area contributed by atoms with Gasteiger partial charge in [-0.05, 0) is 42.9 Å². The van der Waals surface area contributed by atoms with Gasteiger partial charge in [-0.25, -0.2) is 0 Å². The summed E-state index contributed by atoms with van der Waals surface area (Å²) in [6.07, 6.45) is 7.23. The molecule has 21 heavy (non-hydrogen) atoms. The highest BCUT2D eigenvalue weighted by molar-refractivity contribution is 5.27. The van der Waals surface area contributed by atoms with Gasteiger partial charge in [0.2, 0.25) is 0 Å². The van der Waals surface area contributed by atoms with E-state index < -0.39 is 0 Å². The van der Waals surface area contributed by atoms with Crippen molar-refractivity contribution in [2.45, 2.75) is 71.1 Å². The molecule has 1 heterocycles. The Morgan fingerprint density at radius 1 is 1.10 bits per heavy atom. The molecule has 2 heteroatoms. The molecule has 2 aliphatic rings. The van der Waals surface area contributed by atoms with E-state index in [2.05, 4.69) is 48.3 Å². The van der Waals surface area contributed by atoms with E-state index in [0.717, 1.165) is 25.0 Å². The van der Waals surface area contributed by atoms with E-state index in [-0.39, 0.29) is 0 Å². The van der Waals surface area contributed by atoms with Gasteiger partial charge >= 0.3 is 0 Å². The molecule has 116 valence electrons. The van der Waals surface area contributed by atoms with Gasteiger partial charge in [0.25, 0.3) is 0 Å². The van der Waals surface area contributed by atoms with Gasteiger partial charge in [-0.3, -0.25) is 4.90 Å². The average Bonchev–Trinajstić information content (AvgIpc) is 2.90. The molecule has 1 N–H and O–H groups in total. The van der Waals surface area contributed by atoms with Crippen molar-refractivity contribution in [3.8, 4) is 0 Å². The van der Waals surface area contributed by atoms with Crippen molar-refractivity contribution in [2.24, 2.45) is 5.92 Å². The lowest BCUT2D eigenvalue weighted by Gasteiger charge is -2.32. The lowest BCUT2D eigenvalue weighted by atomic mass is 9.85. The van der Waals surface area contributed by atoms with E-state index in [1.54, 1.807) is 0 Å². The smallest absolute Gasteiger partial charge is 0.0240 e. The molecule has 0 aromatic heterocycles. The first-order chi connectivity index (χ1) is 10.2. The molecule has 0 spiro atoms. The topological polar surface area (TPSA) is 15.3 Å². The highest BCUT2D eigenvalue weighted by Gasteiger charge is 2.35. The van der Waals surface area contributed by atoms with Crippen molar-refractivity contribution in [3.05, 3.63) is 35.4 Å². The Hall–Kier alpha value is -0.860. The number of benzene rings is 1. The molecular weight excluding hydrogens is 256 g/mol. The third-order valence-corrected chi connectivity index (χ3v) is 5.32. The molecule has 2 unspecified atom stereocenters. The zero-order valence-corrected chi connectivity index (χ0v) is 13.6. The Morgan fingerprint density at radius 3 is 2.67 bits per heavy atom. The fraction of sp³-hybridized carbons (Fsp3) is 0.684. The van der Waals surface area contributed by atoms with E-state index in [4.69, 9.17) is 0 Å². The summed E-state index contributed by atoms with van der Waals surface area (Å²) in [6, 6.07) is 10.4. The lowest BCUT2D eigenvalue weighted by molar-refractivity contribution is 0.175. The third kappa shape index (κ3) is 3.67. The molecule has 2 atom stereocenters. The number of rotatable bonds is 5.